The number of sulfonamides is 1. The maximum absolute atomic E-state index is 12.6. The monoisotopic (exact) mass is 420 g/mol. The van der Waals surface area contributed by atoms with Crippen LogP contribution in [-0.4, -0.2) is 39.5 Å². The van der Waals surface area contributed by atoms with Crippen LogP contribution in [-0.2, 0) is 19.6 Å². The number of benzene rings is 2. The summed E-state index contributed by atoms with van der Waals surface area (Å²) < 4.78 is 37.8. The number of ether oxygens (including phenoxy) is 2. The molecule has 2 aromatic rings. The minimum Gasteiger partial charge on any atom is -0.494 e. The number of nitrogens with one attached hydrogen (secondary N) is 2. The SMILES string of the molecule is CCOc1ccc(S(=O)(=O)Nc2cccc(C(=O)NCC(=O)OC(C)C)c2)cc1. The molecule has 9 heteroatoms. The summed E-state index contributed by atoms with van der Waals surface area (Å²) in [4.78, 5) is 23.8. The van der Waals surface area contributed by atoms with E-state index in [1.165, 1.54) is 36.4 Å². The Morgan fingerprint density at radius 3 is 2.38 bits per heavy atom. The molecule has 0 saturated heterocycles. The van der Waals surface area contributed by atoms with Crippen LogP contribution in [0, 0.1) is 0 Å². The highest BCUT2D eigenvalue weighted by atomic mass is 32.2. The fraction of sp³-hybridized carbons (Fsp3) is 0.300. The third kappa shape index (κ3) is 6.79. The predicted octanol–water partition coefficient (Wildman–Crippen LogP) is 2.57. The molecule has 0 aromatic heterocycles. The van der Waals surface area contributed by atoms with Crippen LogP contribution in [0.5, 0.6) is 5.75 Å². The first-order valence-corrected chi connectivity index (χ1v) is 10.5. The zero-order chi connectivity index (χ0) is 21.4. The lowest BCUT2D eigenvalue weighted by Gasteiger charge is -2.11. The second-order valence-electron chi connectivity index (χ2n) is 6.31. The molecule has 1 amide bonds. The van der Waals surface area contributed by atoms with Gasteiger partial charge in [0.2, 0.25) is 0 Å². The first-order valence-electron chi connectivity index (χ1n) is 9.04. The predicted molar refractivity (Wildman–Crippen MR) is 108 cm³/mol. The summed E-state index contributed by atoms with van der Waals surface area (Å²) in [7, 11) is -3.84. The Kier molecular flexibility index (Phi) is 7.60. The summed E-state index contributed by atoms with van der Waals surface area (Å²) in [6.45, 7) is 5.45. The third-order valence-electron chi connectivity index (χ3n) is 3.58. The molecule has 8 nitrogen and oxygen atoms in total. The highest BCUT2D eigenvalue weighted by Crippen LogP contribution is 2.20. The van der Waals surface area contributed by atoms with Crippen molar-refractivity contribution < 1.29 is 27.5 Å². The van der Waals surface area contributed by atoms with Crippen LogP contribution in [0.1, 0.15) is 31.1 Å². The zero-order valence-electron chi connectivity index (χ0n) is 16.5. The summed E-state index contributed by atoms with van der Waals surface area (Å²) in [5.74, 6) is -0.505. The van der Waals surface area contributed by atoms with Crippen LogP contribution in [0.15, 0.2) is 53.4 Å². The van der Waals surface area contributed by atoms with Crippen molar-refractivity contribution in [2.45, 2.75) is 31.8 Å². The number of amides is 1. The molecular formula is C20H24N2O6S. The van der Waals surface area contributed by atoms with E-state index in [1.807, 2.05) is 6.92 Å². The number of carbonyl (C=O) groups is 2. The van der Waals surface area contributed by atoms with Crippen molar-refractivity contribution >= 4 is 27.6 Å². The number of carbonyl (C=O) groups excluding carboxylic acids is 2. The van der Waals surface area contributed by atoms with Crippen molar-refractivity contribution in [1.29, 1.82) is 0 Å². The quantitative estimate of drug-likeness (QED) is 0.603. The van der Waals surface area contributed by atoms with Gasteiger partial charge < -0.3 is 14.8 Å². The van der Waals surface area contributed by atoms with Crippen LogP contribution in [0.25, 0.3) is 0 Å². The standard InChI is InChI=1S/C20H24N2O6S/c1-4-27-17-8-10-18(11-9-17)29(25,26)22-16-7-5-6-15(12-16)20(24)21-13-19(23)28-14(2)3/h5-12,14,22H,4,13H2,1-3H3,(H,21,24). The second-order valence-corrected chi connectivity index (χ2v) is 7.99. The number of anilines is 1. The Morgan fingerprint density at radius 1 is 1.07 bits per heavy atom. The lowest BCUT2D eigenvalue weighted by Crippen LogP contribution is -2.31. The van der Waals surface area contributed by atoms with E-state index in [1.54, 1.807) is 26.0 Å². The van der Waals surface area contributed by atoms with E-state index in [-0.39, 0.29) is 28.8 Å². The van der Waals surface area contributed by atoms with E-state index in [4.69, 9.17) is 9.47 Å². The topological polar surface area (TPSA) is 111 Å². The van der Waals surface area contributed by atoms with Crippen molar-refractivity contribution in [3.63, 3.8) is 0 Å². The maximum Gasteiger partial charge on any atom is 0.325 e. The molecule has 0 heterocycles. The van der Waals surface area contributed by atoms with E-state index in [9.17, 15) is 18.0 Å². The summed E-state index contributed by atoms with van der Waals surface area (Å²) in [5, 5.41) is 2.44. The molecule has 0 fully saturated rings. The Balaban J connectivity index is 2.06. The lowest BCUT2D eigenvalue weighted by molar-refractivity contribution is -0.146. The fourth-order valence-electron chi connectivity index (χ4n) is 2.38. The van der Waals surface area contributed by atoms with Gasteiger partial charge in [-0.1, -0.05) is 6.07 Å². The van der Waals surface area contributed by atoms with Crippen LogP contribution < -0.4 is 14.8 Å². The first kappa shape index (κ1) is 22.2. The smallest absolute Gasteiger partial charge is 0.325 e. The molecule has 2 N–H and O–H groups in total. The Morgan fingerprint density at radius 2 is 1.76 bits per heavy atom. The molecule has 0 spiro atoms. The number of rotatable bonds is 9. The summed E-state index contributed by atoms with van der Waals surface area (Å²) in [6, 6.07) is 12.0. The van der Waals surface area contributed by atoms with Gasteiger partial charge in [0.05, 0.1) is 17.6 Å². The molecule has 0 saturated carbocycles. The van der Waals surface area contributed by atoms with Crippen LogP contribution in [0.4, 0.5) is 5.69 Å². The first-order chi connectivity index (χ1) is 13.7. The Bertz CT molecular complexity index is 955. The second kappa shape index (κ2) is 9.92. The molecule has 2 rings (SSSR count). The van der Waals surface area contributed by atoms with Crippen molar-refractivity contribution in [2.24, 2.45) is 0 Å². The van der Waals surface area contributed by atoms with Crippen molar-refractivity contribution in [3.05, 3.63) is 54.1 Å². The average Bonchev–Trinajstić information content (AvgIpc) is 2.66. The van der Waals surface area contributed by atoms with Gasteiger partial charge in [0.25, 0.3) is 15.9 Å². The largest absolute Gasteiger partial charge is 0.494 e. The van der Waals surface area contributed by atoms with Gasteiger partial charge in [-0.15, -0.1) is 0 Å². The van der Waals surface area contributed by atoms with Crippen molar-refractivity contribution in [3.8, 4) is 5.75 Å². The van der Waals surface area contributed by atoms with Crippen molar-refractivity contribution in [1.82, 2.24) is 5.32 Å². The maximum atomic E-state index is 12.6. The molecule has 156 valence electrons. The number of hydrogen-bond acceptors (Lipinski definition) is 6. The molecule has 0 unspecified atom stereocenters. The van der Waals surface area contributed by atoms with Gasteiger partial charge in [0.1, 0.15) is 12.3 Å². The molecule has 0 atom stereocenters. The van der Waals surface area contributed by atoms with E-state index in [2.05, 4.69) is 10.0 Å². The molecule has 2 aromatic carbocycles. The summed E-state index contributed by atoms with van der Waals surface area (Å²) in [5.41, 5.74) is 0.422. The van der Waals surface area contributed by atoms with Crippen LogP contribution in [0.2, 0.25) is 0 Å². The molecular weight excluding hydrogens is 396 g/mol. The summed E-state index contributed by atoms with van der Waals surface area (Å²) >= 11 is 0. The van der Waals surface area contributed by atoms with Gasteiger partial charge in [-0.3, -0.25) is 14.3 Å². The molecule has 0 radical (unpaired) electrons. The average molecular weight is 420 g/mol. The van der Waals surface area contributed by atoms with Gasteiger partial charge >= 0.3 is 5.97 Å². The fourth-order valence-corrected chi connectivity index (χ4v) is 3.43. The van der Waals surface area contributed by atoms with Crippen molar-refractivity contribution in [2.75, 3.05) is 17.9 Å². The molecule has 0 aliphatic rings. The van der Waals surface area contributed by atoms with Gasteiger partial charge in [0, 0.05) is 11.3 Å². The van der Waals surface area contributed by atoms with Gasteiger partial charge in [-0.25, -0.2) is 8.42 Å². The van der Waals surface area contributed by atoms with E-state index in [0.717, 1.165) is 0 Å². The number of esters is 1. The van der Waals surface area contributed by atoms with Gasteiger partial charge in [-0.05, 0) is 63.2 Å². The Labute approximate surface area is 170 Å². The highest BCUT2D eigenvalue weighted by molar-refractivity contribution is 7.92. The number of hydrogen-bond donors (Lipinski definition) is 2. The van der Waals surface area contributed by atoms with Gasteiger partial charge in [-0.2, -0.15) is 0 Å². The zero-order valence-corrected chi connectivity index (χ0v) is 17.3. The van der Waals surface area contributed by atoms with Crippen LogP contribution >= 0.6 is 0 Å². The highest BCUT2D eigenvalue weighted by Gasteiger charge is 2.16. The minimum absolute atomic E-state index is 0.0623. The third-order valence-corrected chi connectivity index (χ3v) is 4.98. The Hall–Kier alpha value is -3.07. The molecule has 0 bridgehead atoms. The lowest BCUT2D eigenvalue weighted by atomic mass is 10.2. The van der Waals surface area contributed by atoms with E-state index < -0.39 is 21.9 Å². The molecule has 29 heavy (non-hydrogen) atoms. The van der Waals surface area contributed by atoms with Crippen LogP contribution in [0.3, 0.4) is 0 Å². The molecule has 0 aliphatic heterocycles. The van der Waals surface area contributed by atoms with Gasteiger partial charge in [0.15, 0.2) is 0 Å². The summed E-state index contributed by atoms with van der Waals surface area (Å²) in [6.07, 6.45) is -0.278. The van der Waals surface area contributed by atoms with E-state index in [0.29, 0.717) is 12.4 Å². The van der Waals surface area contributed by atoms with E-state index >= 15 is 0 Å². The normalized spacial score (nSPS) is 11.0. The molecule has 0 aliphatic carbocycles. The minimum atomic E-state index is -3.84.